The second-order valence-electron chi connectivity index (χ2n) is 5.52. The Morgan fingerprint density at radius 3 is 2.58 bits per heavy atom. The molecule has 0 saturated carbocycles. The molecule has 0 fully saturated rings. The van der Waals surface area contributed by atoms with E-state index in [2.05, 4.69) is 29.2 Å². The SMILES string of the molecule is CN(C)c1ccc2c3c(ccc2c1)C(=O)CCCC3. The molecule has 2 nitrogen and oxygen atoms in total. The van der Waals surface area contributed by atoms with Crippen LogP contribution in [0.4, 0.5) is 5.69 Å². The first-order valence-electron chi connectivity index (χ1n) is 6.93. The fraction of sp³-hybridized carbons (Fsp3) is 0.353. The maximum atomic E-state index is 12.1. The molecule has 0 unspecified atom stereocenters. The van der Waals surface area contributed by atoms with E-state index in [9.17, 15) is 4.79 Å². The van der Waals surface area contributed by atoms with Crippen LogP contribution in [0.3, 0.4) is 0 Å². The van der Waals surface area contributed by atoms with Crippen molar-refractivity contribution in [2.75, 3.05) is 19.0 Å². The summed E-state index contributed by atoms with van der Waals surface area (Å²) in [6.07, 6.45) is 3.87. The lowest BCUT2D eigenvalue weighted by atomic mass is 9.95. The van der Waals surface area contributed by atoms with E-state index in [4.69, 9.17) is 0 Å². The quantitative estimate of drug-likeness (QED) is 0.720. The summed E-state index contributed by atoms with van der Waals surface area (Å²) in [4.78, 5) is 14.2. The highest BCUT2D eigenvalue weighted by Gasteiger charge is 2.17. The summed E-state index contributed by atoms with van der Waals surface area (Å²) in [5.74, 6) is 0.311. The van der Waals surface area contributed by atoms with Gasteiger partial charge in [-0.25, -0.2) is 0 Å². The number of ketones is 1. The molecule has 3 rings (SSSR count). The van der Waals surface area contributed by atoms with Crippen molar-refractivity contribution in [2.45, 2.75) is 25.7 Å². The van der Waals surface area contributed by atoms with E-state index >= 15 is 0 Å². The van der Waals surface area contributed by atoms with E-state index < -0.39 is 0 Å². The average molecular weight is 253 g/mol. The maximum absolute atomic E-state index is 12.1. The standard InChI is InChI=1S/C17H19NO/c1-18(2)13-8-10-14-12(11-13)7-9-16-15(14)5-3-4-6-17(16)19/h7-11H,3-6H2,1-2H3. The van der Waals surface area contributed by atoms with Crippen LogP contribution in [0.25, 0.3) is 10.8 Å². The number of rotatable bonds is 1. The van der Waals surface area contributed by atoms with E-state index in [0.717, 1.165) is 24.8 Å². The maximum Gasteiger partial charge on any atom is 0.163 e. The van der Waals surface area contributed by atoms with Gasteiger partial charge in [0.05, 0.1) is 0 Å². The van der Waals surface area contributed by atoms with Crippen molar-refractivity contribution in [1.29, 1.82) is 0 Å². The van der Waals surface area contributed by atoms with Gasteiger partial charge in [-0.3, -0.25) is 4.79 Å². The predicted molar refractivity (Wildman–Crippen MR) is 80.2 cm³/mol. The number of fused-ring (bicyclic) bond motifs is 3. The van der Waals surface area contributed by atoms with Gasteiger partial charge in [0.15, 0.2) is 5.78 Å². The van der Waals surface area contributed by atoms with Crippen LogP contribution in [0.5, 0.6) is 0 Å². The van der Waals surface area contributed by atoms with Gasteiger partial charge in [-0.2, -0.15) is 0 Å². The first kappa shape index (κ1) is 12.2. The lowest BCUT2D eigenvalue weighted by Gasteiger charge is -2.15. The molecule has 98 valence electrons. The zero-order chi connectivity index (χ0) is 13.4. The molecule has 0 bridgehead atoms. The molecule has 0 radical (unpaired) electrons. The van der Waals surface area contributed by atoms with Crippen molar-refractivity contribution in [3.05, 3.63) is 41.5 Å². The number of carbonyl (C=O) groups excluding carboxylic acids is 1. The third-order valence-corrected chi connectivity index (χ3v) is 4.01. The van der Waals surface area contributed by atoms with E-state index in [1.54, 1.807) is 0 Å². The average Bonchev–Trinajstić information content (AvgIpc) is 2.60. The minimum absolute atomic E-state index is 0.311. The largest absolute Gasteiger partial charge is 0.378 e. The van der Waals surface area contributed by atoms with Gasteiger partial charge in [0.1, 0.15) is 0 Å². The summed E-state index contributed by atoms with van der Waals surface area (Å²) in [5.41, 5.74) is 3.40. The zero-order valence-corrected chi connectivity index (χ0v) is 11.6. The zero-order valence-electron chi connectivity index (χ0n) is 11.6. The second kappa shape index (κ2) is 4.69. The summed E-state index contributed by atoms with van der Waals surface area (Å²) >= 11 is 0. The Morgan fingerprint density at radius 2 is 1.79 bits per heavy atom. The molecule has 0 spiro atoms. The number of anilines is 1. The highest BCUT2D eigenvalue weighted by Crippen LogP contribution is 2.30. The number of nitrogens with zero attached hydrogens (tertiary/aromatic N) is 1. The van der Waals surface area contributed by atoms with E-state index in [-0.39, 0.29) is 0 Å². The number of hydrogen-bond donors (Lipinski definition) is 0. The number of benzene rings is 2. The highest BCUT2D eigenvalue weighted by atomic mass is 16.1. The summed E-state index contributed by atoms with van der Waals surface area (Å²) in [5, 5.41) is 2.48. The second-order valence-corrected chi connectivity index (χ2v) is 5.52. The molecule has 2 aromatic rings. The van der Waals surface area contributed by atoms with Crippen molar-refractivity contribution >= 4 is 22.2 Å². The molecule has 0 heterocycles. The molecule has 0 N–H and O–H groups in total. The first-order chi connectivity index (χ1) is 9.16. The molecule has 2 heteroatoms. The van der Waals surface area contributed by atoms with Gasteiger partial charge < -0.3 is 4.90 Å². The van der Waals surface area contributed by atoms with E-state index in [1.165, 1.54) is 22.0 Å². The lowest BCUT2D eigenvalue weighted by Crippen LogP contribution is -2.08. The van der Waals surface area contributed by atoms with Gasteiger partial charge in [-0.15, -0.1) is 0 Å². The Balaban J connectivity index is 2.22. The molecule has 0 aliphatic heterocycles. The lowest BCUT2D eigenvalue weighted by molar-refractivity contribution is 0.0982. The van der Waals surface area contributed by atoms with Crippen LogP contribution in [0.2, 0.25) is 0 Å². The summed E-state index contributed by atoms with van der Waals surface area (Å²) in [6, 6.07) is 10.6. The normalized spacial score (nSPS) is 15.2. The van der Waals surface area contributed by atoms with Crippen molar-refractivity contribution < 1.29 is 4.79 Å². The van der Waals surface area contributed by atoms with Crippen LogP contribution >= 0.6 is 0 Å². The van der Waals surface area contributed by atoms with Crippen LogP contribution in [0.15, 0.2) is 30.3 Å². The first-order valence-corrected chi connectivity index (χ1v) is 6.93. The minimum Gasteiger partial charge on any atom is -0.378 e. The van der Waals surface area contributed by atoms with Gasteiger partial charge in [0.2, 0.25) is 0 Å². The predicted octanol–water partition coefficient (Wildman–Crippen LogP) is 3.81. The third-order valence-electron chi connectivity index (χ3n) is 4.01. The van der Waals surface area contributed by atoms with Gasteiger partial charge in [-0.1, -0.05) is 18.2 Å². The molecule has 19 heavy (non-hydrogen) atoms. The highest BCUT2D eigenvalue weighted by molar-refractivity contribution is 6.03. The Morgan fingerprint density at radius 1 is 1.00 bits per heavy atom. The molecular formula is C17H19NO. The van der Waals surface area contributed by atoms with Crippen LogP contribution in [-0.4, -0.2) is 19.9 Å². The Bertz CT molecular complexity index is 643. The third kappa shape index (κ3) is 2.12. The van der Waals surface area contributed by atoms with E-state index in [1.807, 2.05) is 20.2 Å². The molecule has 1 aliphatic rings. The van der Waals surface area contributed by atoms with Crippen LogP contribution in [-0.2, 0) is 6.42 Å². The van der Waals surface area contributed by atoms with Crippen LogP contribution < -0.4 is 4.90 Å². The Labute approximate surface area is 114 Å². The summed E-state index contributed by atoms with van der Waals surface area (Å²) in [7, 11) is 4.10. The molecule has 1 aliphatic carbocycles. The van der Waals surface area contributed by atoms with Crippen molar-refractivity contribution in [2.24, 2.45) is 0 Å². The van der Waals surface area contributed by atoms with Crippen molar-refractivity contribution in [3.63, 3.8) is 0 Å². The van der Waals surface area contributed by atoms with Gasteiger partial charge in [-0.05, 0) is 47.7 Å². The molecule has 0 aromatic heterocycles. The fourth-order valence-electron chi connectivity index (χ4n) is 2.91. The number of Topliss-reactive ketones (excluding diaryl/α,β-unsaturated/α-hetero) is 1. The van der Waals surface area contributed by atoms with Crippen molar-refractivity contribution in [1.82, 2.24) is 0 Å². The molecule has 0 amide bonds. The fourth-order valence-corrected chi connectivity index (χ4v) is 2.91. The monoisotopic (exact) mass is 253 g/mol. The smallest absolute Gasteiger partial charge is 0.163 e. The number of hydrogen-bond acceptors (Lipinski definition) is 2. The number of carbonyl (C=O) groups is 1. The molecule has 2 aromatic carbocycles. The molecule has 0 atom stereocenters. The Kier molecular flexibility index (Phi) is 3.02. The minimum atomic E-state index is 0.311. The van der Waals surface area contributed by atoms with Gasteiger partial charge in [0, 0.05) is 31.8 Å². The topological polar surface area (TPSA) is 20.3 Å². The van der Waals surface area contributed by atoms with Crippen LogP contribution in [0.1, 0.15) is 35.2 Å². The van der Waals surface area contributed by atoms with Crippen LogP contribution in [0, 0.1) is 0 Å². The van der Waals surface area contributed by atoms with Gasteiger partial charge >= 0.3 is 0 Å². The Hall–Kier alpha value is -1.83. The van der Waals surface area contributed by atoms with Crippen molar-refractivity contribution in [3.8, 4) is 0 Å². The molecule has 0 saturated heterocycles. The van der Waals surface area contributed by atoms with E-state index in [0.29, 0.717) is 12.2 Å². The number of aryl methyl sites for hydroxylation is 1. The summed E-state index contributed by atoms with van der Waals surface area (Å²) < 4.78 is 0. The molecular weight excluding hydrogens is 234 g/mol. The summed E-state index contributed by atoms with van der Waals surface area (Å²) in [6.45, 7) is 0. The van der Waals surface area contributed by atoms with Gasteiger partial charge in [0.25, 0.3) is 0 Å².